The van der Waals surface area contributed by atoms with Crippen molar-refractivity contribution in [3.8, 4) is 0 Å². The van der Waals surface area contributed by atoms with Crippen molar-refractivity contribution in [2.75, 3.05) is 72.0 Å². The van der Waals surface area contributed by atoms with E-state index in [4.69, 9.17) is 0 Å². The van der Waals surface area contributed by atoms with Gasteiger partial charge in [0, 0.05) is 72.0 Å². The highest BCUT2D eigenvalue weighted by atomic mass is 15.3. The third-order valence-electron chi connectivity index (χ3n) is 5.90. The van der Waals surface area contributed by atoms with E-state index in [1.54, 1.807) is 0 Å². The van der Waals surface area contributed by atoms with Crippen LogP contribution in [0.3, 0.4) is 0 Å². The fraction of sp³-hybridized carbons (Fsp3) is 0.481. The molecule has 170 valence electrons. The van der Waals surface area contributed by atoms with Gasteiger partial charge in [-0.3, -0.25) is 19.6 Å². The number of rotatable bonds is 9. The van der Waals surface area contributed by atoms with Gasteiger partial charge in [-0.25, -0.2) is 0 Å². The summed E-state index contributed by atoms with van der Waals surface area (Å²) in [6.45, 7) is 29.4. The molecule has 1 saturated heterocycles. The first-order valence-electron chi connectivity index (χ1n) is 11.5. The van der Waals surface area contributed by atoms with Crippen molar-refractivity contribution in [1.82, 2.24) is 19.6 Å². The van der Waals surface area contributed by atoms with Crippen molar-refractivity contribution in [3.63, 3.8) is 0 Å². The zero-order valence-electron chi connectivity index (χ0n) is 19.6. The number of hydrogen-bond acceptors (Lipinski definition) is 4. The Morgan fingerprint density at radius 1 is 0.806 bits per heavy atom. The summed E-state index contributed by atoms with van der Waals surface area (Å²) in [5.41, 5.74) is 2.53. The van der Waals surface area contributed by atoms with Crippen LogP contribution in [-0.2, 0) is 0 Å². The average molecular weight is 423 g/mol. The van der Waals surface area contributed by atoms with Gasteiger partial charge < -0.3 is 0 Å². The van der Waals surface area contributed by atoms with Gasteiger partial charge in [-0.15, -0.1) is 19.7 Å². The van der Waals surface area contributed by atoms with E-state index in [0.717, 1.165) is 72.0 Å². The summed E-state index contributed by atoms with van der Waals surface area (Å²) >= 11 is 0. The van der Waals surface area contributed by atoms with Crippen LogP contribution >= 0.6 is 0 Å². The maximum Gasteiger partial charge on any atom is 0.0529 e. The SMILES string of the molecule is C=CCN1CCN(CC=C)CCN(C(C=C)c2ccccc2)CCN(CC(=C)C)CC1. The lowest BCUT2D eigenvalue weighted by Gasteiger charge is -2.36. The minimum atomic E-state index is 0.221. The second-order valence-electron chi connectivity index (χ2n) is 8.54. The van der Waals surface area contributed by atoms with Gasteiger partial charge in [-0.2, -0.15) is 0 Å². The van der Waals surface area contributed by atoms with Gasteiger partial charge in [-0.1, -0.05) is 60.7 Å². The molecule has 0 saturated carbocycles. The van der Waals surface area contributed by atoms with Crippen molar-refractivity contribution < 1.29 is 0 Å². The van der Waals surface area contributed by atoms with Crippen molar-refractivity contribution >= 4 is 0 Å². The molecule has 0 aromatic heterocycles. The molecule has 1 aromatic carbocycles. The summed E-state index contributed by atoms with van der Waals surface area (Å²) < 4.78 is 0. The van der Waals surface area contributed by atoms with E-state index >= 15 is 0 Å². The molecule has 0 radical (unpaired) electrons. The Bertz CT molecular complexity index is 684. The number of hydrogen-bond donors (Lipinski definition) is 0. The van der Waals surface area contributed by atoms with Crippen LogP contribution in [0.5, 0.6) is 0 Å². The second-order valence-corrected chi connectivity index (χ2v) is 8.54. The van der Waals surface area contributed by atoms with Crippen molar-refractivity contribution in [2.45, 2.75) is 13.0 Å². The maximum atomic E-state index is 4.18. The van der Waals surface area contributed by atoms with E-state index in [1.165, 1.54) is 11.1 Å². The Morgan fingerprint density at radius 3 is 1.77 bits per heavy atom. The van der Waals surface area contributed by atoms with Crippen LogP contribution < -0.4 is 0 Å². The van der Waals surface area contributed by atoms with Crippen LogP contribution in [0.1, 0.15) is 18.5 Å². The van der Waals surface area contributed by atoms with Gasteiger partial charge in [0.25, 0.3) is 0 Å². The lowest BCUT2D eigenvalue weighted by molar-refractivity contribution is 0.133. The lowest BCUT2D eigenvalue weighted by Crippen LogP contribution is -2.46. The predicted molar refractivity (Wildman–Crippen MR) is 135 cm³/mol. The monoisotopic (exact) mass is 422 g/mol. The van der Waals surface area contributed by atoms with Gasteiger partial charge in [0.1, 0.15) is 0 Å². The van der Waals surface area contributed by atoms with E-state index in [1.807, 2.05) is 12.2 Å². The molecule has 0 spiro atoms. The average Bonchev–Trinajstić information content (AvgIpc) is 2.76. The molecule has 1 aliphatic heterocycles. The topological polar surface area (TPSA) is 13.0 Å². The third-order valence-corrected chi connectivity index (χ3v) is 5.90. The summed E-state index contributed by atoms with van der Waals surface area (Å²) in [5.74, 6) is 0. The number of nitrogens with zero attached hydrogens (tertiary/aromatic N) is 4. The summed E-state index contributed by atoms with van der Waals surface area (Å²) in [4.78, 5) is 10.1. The molecular formula is C27H42N4. The Kier molecular flexibility index (Phi) is 11.5. The largest absolute Gasteiger partial charge is 0.297 e. The van der Waals surface area contributed by atoms with Crippen LogP contribution in [0, 0.1) is 0 Å². The van der Waals surface area contributed by atoms with Crippen LogP contribution in [0.4, 0.5) is 0 Å². The summed E-state index contributed by atoms with van der Waals surface area (Å²) in [6.07, 6.45) is 6.13. The molecular weight excluding hydrogens is 380 g/mol. The van der Waals surface area contributed by atoms with Gasteiger partial charge in [0.2, 0.25) is 0 Å². The molecule has 1 heterocycles. The van der Waals surface area contributed by atoms with Gasteiger partial charge in [-0.05, 0) is 12.5 Å². The van der Waals surface area contributed by atoms with Gasteiger partial charge in [0.05, 0.1) is 6.04 Å². The van der Waals surface area contributed by atoms with Crippen LogP contribution in [0.2, 0.25) is 0 Å². The fourth-order valence-electron chi connectivity index (χ4n) is 4.25. The van der Waals surface area contributed by atoms with Crippen LogP contribution in [-0.4, -0.2) is 91.6 Å². The van der Waals surface area contributed by atoms with Crippen LogP contribution in [0.25, 0.3) is 0 Å². The summed E-state index contributed by atoms with van der Waals surface area (Å²) in [6, 6.07) is 11.0. The first kappa shape index (κ1) is 25.3. The van der Waals surface area contributed by atoms with Gasteiger partial charge in [0.15, 0.2) is 0 Å². The Morgan fingerprint density at radius 2 is 1.29 bits per heavy atom. The second kappa shape index (κ2) is 14.2. The lowest BCUT2D eigenvalue weighted by atomic mass is 10.1. The molecule has 0 aliphatic carbocycles. The highest BCUT2D eigenvalue weighted by molar-refractivity contribution is 5.22. The van der Waals surface area contributed by atoms with Crippen LogP contribution in [0.15, 0.2) is 80.4 Å². The summed E-state index contributed by atoms with van der Waals surface area (Å²) in [7, 11) is 0. The Hall–Kier alpha value is -1.98. The molecule has 4 nitrogen and oxygen atoms in total. The zero-order chi connectivity index (χ0) is 22.5. The summed E-state index contributed by atoms with van der Waals surface area (Å²) in [5, 5.41) is 0. The normalized spacial score (nSPS) is 19.6. The third kappa shape index (κ3) is 8.96. The van der Waals surface area contributed by atoms with Crippen molar-refractivity contribution in [1.29, 1.82) is 0 Å². The highest BCUT2D eigenvalue weighted by Crippen LogP contribution is 2.22. The Balaban J connectivity index is 2.22. The molecule has 1 aliphatic rings. The molecule has 1 atom stereocenters. The van der Waals surface area contributed by atoms with Crippen molar-refractivity contribution in [2.24, 2.45) is 0 Å². The highest BCUT2D eigenvalue weighted by Gasteiger charge is 2.21. The quantitative estimate of drug-likeness (QED) is 0.556. The van der Waals surface area contributed by atoms with E-state index in [9.17, 15) is 0 Å². The number of benzene rings is 1. The van der Waals surface area contributed by atoms with E-state index in [-0.39, 0.29) is 6.04 Å². The minimum Gasteiger partial charge on any atom is -0.297 e. The van der Waals surface area contributed by atoms with E-state index < -0.39 is 0 Å². The molecule has 0 bridgehead atoms. The Labute approximate surface area is 190 Å². The first-order valence-corrected chi connectivity index (χ1v) is 11.5. The molecule has 0 amide bonds. The predicted octanol–water partition coefficient (Wildman–Crippen LogP) is 4.08. The van der Waals surface area contributed by atoms with E-state index in [2.05, 4.69) is 89.2 Å². The first-order chi connectivity index (χ1) is 15.1. The smallest absolute Gasteiger partial charge is 0.0529 e. The molecule has 31 heavy (non-hydrogen) atoms. The minimum absolute atomic E-state index is 0.221. The molecule has 1 aromatic rings. The van der Waals surface area contributed by atoms with E-state index in [0.29, 0.717) is 0 Å². The zero-order valence-corrected chi connectivity index (χ0v) is 19.6. The maximum absolute atomic E-state index is 4.18. The fourth-order valence-corrected chi connectivity index (χ4v) is 4.25. The molecule has 1 unspecified atom stereocenters. The standard InChI is InChI=1S/C27H42N4/c1-6-14-28-16-17-29(15-7-2)20-22-31(23-21-30(19-18-28)24-25(4)5)27(8-3)26-12-10-9-11-13-26/h6-13,27H,1-4,14-24H2,5H3. The molecule has 1 fully saturated rings. The van der Waals surface area contributed by atoms with Crippen molar-refractivity contribution in [3.05, 3.63) is 86.0 Å². The molecule has 2 rings (SSSR count). The molecule has 4 heteroatoms. The molecule has 0 N–H and O–H groups in total. The van der Waals surface area contributed by atoms with Gasteiger partial charge >= 0.3 is 0 Å².